The quantitative estimate of drug-likeness (QED) is 0.857. The van der Waals surface area contributed by atoms with Crippen LogP contribution >= 0.6 is 27.5 Å². The molecule has 17 heavy (non-hydrogen) atoms. The van der Waals surface area contributed by atoms with E-state index in [-0.39, 0.29) is 0 Å². The lowest BCUT2D eigenvalue weighted by molar-refractivity contribution is 1.28. The van der Waals surface area contributed by atoms with Gasteiger partial charge in [-0.25, -0.2) is 4.98 Å². The highest BCUT2D eigenvalue weighted by Crippen LogP contribution is 2.26. The molecule has 0 atom stereocenters. The maximum atomic E-state index is 5.85. The van der Waals surface area contributed by atoms with Crippen molar-refractivity contribution in [3.63, 3.8) is 0 Å². The number of nitrogens with one attached hydrogen (secondary N) is 1. The third kappa shape index (κ3) is 2.99. The summed E-state index contributed by atoms with van der Waals surface area (Å²) in [5, 5.41) is 3.86. The maximum Gasteiger partial charge on any atom is 0.144 e. The van der Waals surface area contributed by atoms with Crippen LogP contribution < -0.4 is 5.32 Å². The number of aromatic nitrogens is 1. The van der Waals surface area contributed by atoms with Crippen LogP contribution in [0.25, 0.3) is 0 Å². The molecule has 0 unspecified atom stereocenters. The minimum Gasteiger partial charge on any atom is -0.339 e. The van der Waals surface area contributed by atoms with Gasteiger partial charge in [-0.3, -0.25) is 0 Å². The molecule has 0 fully saturated rings. The highest BCUT2D eigenvalue weighted by atomic mass is 79.9. The Morgan fingerprint density at radius 1 is 1.18 bits per heavy atom. The fourth-order valence-electron chi connectivity index (χ4n) is 1.46. The number of rotatable bonds is 2. The third-order valence-corrected chi connectivity index (χ3v) is 3.39. The monoisotopic (exact) mass is 310 g/mol. The van der Waals surface area contributed by atoms with Crippen LogP contribution in [0.3, 0.4) is 0 Å². The Morgan fingerprint density at radius 3 is 2.59 bits per heavy atom. The van der Waals surface area contributed by atoms with Crippen LogP contribution in [0, 0.1) is 13.8 Å². The molecule has 1 N–H and O–H groups in total. The first-order valence-corrected chi connectivity index (χ1v) is 6.38. The Labute approximate surface area is 114 Å². The summed E-state index contributed by atoms with van der Waals surface area (Å²) in [6.45, 7) is 4.18. The van der Waals surface area contributed by atoms with Gasteiger partial charge in [0.25, 0.3) is 0 Å². The van der Waals surface area contributed by atoms with Gasteiger partial charge in [-0.2, -0.15) is 0 Å². The van der Waals surface area contributed by atoms with E-state index in [1.54, 1.807) is 6.20 Å². The van der Waals surface area contributed by atoms with Crippen LogP contribution in [0.1, 0.15) is 11.1 Å². The summed E-state index contributed by atoms with van der Waals surface area (Å²) in [6.07, 6.45) is 1.62. The smallest absolute Gasteiger partial charge is 0.144 e. The average molecular weight is 312 g/mol. The Hall–Kier alpha value is -1.06. The van der Waals surface area contributed by atoms with Crippen LogP contribution in [0.4, 0.5) is 11.5 Å². The number of benzene rings is 1. The van der Waals surface area contributed by atoms with Crippen molar-refractivity contribution >= 4 is 39.0 Å². The predicted octanol–water partition coefficient (Wildman–Crippen LogP) is 4.86. The fraction of sp³-hybridized carbons (Fsp3) is 0.154. The van der Waals surface area contributed by atoms with Gasteiger partial charge in [0.2, 0.25) is 0 Å². The molecule has 0 saturated heterocycles. The van der Waals surface area contributed by atoms with Crippen LogP contribution in [0.5, 0.6) is 0 Å². The molecule has 0 radical (unpaired) electrons. The molecule has 2 aromatic rings. The molecule has 2 rings (SSSR count). The lowest BCUT2D eigenvalue weighted by Crippen LogP contribution is -1.95. The molecule has 0 aliphatic carbocycles. The van der Waals surface area contributed by atoms with Gasteiger partial charge in [0, 0.05) is 11.9 Å². The zero-order chi connectivity index (χ0) is 12.4. The number of nitrogens with zero attached hydrogens (tertiary/aromatic N) is 1. The van der Waals surface area contributed by atoms with Crippen LogP contribution in [0.2, 0.25) is 5.02 Å². The van der Waals surface area contributed by atoms with Crippen molar-refractivity contribution in [2.45, 2.75) is 13.8 Å². The largest absolute Gasteiger partial charge is 0.339 e. The topological polar surface area (TPSA) is 24.9 Å². The Kier molecular flexibility index (Phi) is 3.69. The third-order valence-electron chi connectivity index (χ3n) is 2.58. The zero-order valence-electron chi connectivity index (χ0n) is 9.59. The standard InChI is InChI=1S/C13H12BrClN2/c1-8-3-4-11(5-9(8)2)17-13-12(14)6-10(15)7-16-13/h3-7H,1-2H3,(H,16,17). The fourth-order valence-corrected chi connectivity index (χ4v) is 2.20. The van der Waals surface area contributed by atoms with E-state index < -0.39 is 0 Å². The van der Waals surface area contributed by atoms with Crippen LogP contribution in [0.15, 0.2) is 34.9 Å². The van der Waals surface area contributed by atoms with Crippen LogP contribution in [-0.2, 0) is 0 Å². The van der Waals surface area contributed by atoms with Crippen molar-refractivity contribution in [2.75, 3.05) is 5.32 Å². The van der Waals surface area contributed by atoms with Gasteiger partial charge in [-0.05, 0) is 59.1 Å². The van der Waals surface area contributed by atoms with Crippen molar-refractivity contribution in [1.82, 2.24) is 4.98 Å². The summed E-state index contributed by atoms with van der Waals surface area (Å²) >= 11 is 9.27. The molecule has 0 saturated carbocycles. The van der Waals surface area contributed by atoms with E-state index in [1.165, 1.54) is 11.1 Å². The van der Waals surface area contributed by atoms with Crippen molar-refractivity contribution in [3.05, 3.63) is 51.1 Å². The molecule has 4 heteroatoms. The number of hydrogen-bond acceptors (Lipinski definition) is 2. The molecule has 2 nitrogen and oxygen atoms in total. The van der Waals surface area contributed by atoms with E-state index in [4.69, 9.17) is 11.6 Å². The molecule has 0 aliphatic rings. The SMILES string of the molecule is Cc1ccc(Nc2ncc(Cl)cc2Br)cc1C. The van der Waals surface area contributed by atoms with Crippen molar-refractivity contribution in [3.8, 4) is 0 Å². The summed E-state index contributed by atoms with van der Waals surface area (Å²) in [6, 6.07) is 8.03. The molecule has 0 aliphatic heterocycles. The van der Waals surface area contributed by atoms with E-state index in [1.807, 2.05) is 12.1 Å². The first-order valence-electron chi connectivity index (χ1n) is 5.21. The van der Waals surface area contributed by atoms with Gasteiger partial charge >= 0.3 is 0 Å². The molecule has 1 heterocycles. The molecule has 1 aromatic heterocycles. The summed E-state index contributed by atoms with van der Waals surface area (Å²) in [5.74, 6) is 0.762. The van der Waals surface area contributed by atoms with E-state index in [0.717, 1.165) is 16.0 Å². The maximum absolute atomic E-state index is 5.85. The minimum atomic E-state index is 0.613. The van der Waals surface area contributed by atoms with E-state index in [9.17, 15) is 0 Å². The molecular weight excluding hydrogens is 300 g/mol. The summed E-state index contributed by atoms with van der Waals surface area (Å²) < 4.78 is 0.850. The van der Waals surface area contributed by atoms with Gasteiger partial charge < -0.3 is 5.32 Å². The first-order chi connectivity index (χ1) is 8.06. The summed E-state index contributed by atoms with van der Waals surface area (Å²) in [7, 11) is 0. The van der Waals surface area contributed by atoms with E-state index >= 15 is 0 Å². The van der Waals surface area contributed by atoms with E-state index in [0.29, 0.717) is 5.02 Å². The van der Waals surface area contributed by atoms with Gasteiger partial charge in [-0.15, -0.1) is 0 Å². The minimum absolute atomic E-state index is 0.613. The Balaban J connectivity index is 2.28. The van der Waals surface area contributed by atoms with Crippen LogP contribution in [-0.4, -0.2) is 4.98 Å². The highest BCUT2D eigenvalue weighted by molar-refractivity contribution is 9.10. The number of halogens is 2. The molecule has 88 valence electrons. The number of anilines is 2. The molecular formula is C13H12BrClN2. The molecule has 1 aromatic carbocycles. The average Bonchev–Trinajstić information content (AvgIpc) is 2.27. The van der Waals surface area contributed by atoms with E-state index in [2.05, 4.69) is 52.2 Å². The summed E-state index contributed by atoms with van der Waals surface area (Å²) in [4.78, 5) is 4.24. The number of aryl methyl sites for hydroxylation is 2. The molecule has 0 spiro atoms. The second kappa shape index (κ2) is 5.07. The predicted molar refractivity (Wildman–Crippen MR) is 76.1 cm³/mol. The van der Waals surface area contributed by atoms with Crippen molar-refractivity contribution in [2.24, 2.45) is 0 Å². The molecule has 0 bridgehead atoms. The normalized spacial score (nSPS) is 10.4. The van der Waals surface area contributed by atoms with Gasteiger partial charge in [0.15, 0.2) is 0 Å². The number of pyridine rings is 1. The second-order valence-electron chi connectivity index (χ2n) is 3.91. The number of hydrogen-bond donors (Lipinski definition) is 1. The Bertz CT molecular complexity index is 555. The molecule has 0 amide bonds. The summed E-state index contributed by atoms with van der Waals surface area (Å²) in [5.41, 5.74) is 3.54. The van der Waals surface area contributed by atoms with Crippen molar-refractivity contribution < 1.29 is 0 Å². The first kappa shape index (κ1) is 12.4. The van der Waals surface area contributed by atoms with Gasteiger partial charge in [-0.1, -0.05) is 17.7 Å². The van der Waals surface area contributed by atoms with Gasteiger partial charge in [0.1, 0.15) is 5.82 Å². The lowest BCUT2D eigenvalue weighted by atomic mass is 10.1. The van der Waals surface area contributed by atoms with Gasteiger partial charge in [0.05, 0.1) is 9.50 Å². The second-order valence-corrected chi connectivity index (χ2v) is 5.20. The lowest BCUT2D eigenvalue weighted by Gasteiger charge is -2.09. The van der Waals surface area contributed by atoms with Crippen molar-refractivity contribution in [1.29, 1.82) is 0 Å². The Morgan fingerprint density at radius 2 is 1.94 bits per heavy atom. The highest BCUT2D eigenvalue weighted by Gasteiger charge is 2.03. The zero-order valence-corrected chi connectivity index (χ0v) is 11.9.